The summed E-state index contributed by atoms with van der Waals surface area (Å²) in [6.07, 6.45) is 3.36. The summed E-state index contributed by atoms with van der Waals surface area (Å²) < 4.78 is 0. The van der Waals surface area contributed by atoms with Crippen LogP contribution in [0.1, 0.15) is 18.9 Å². The minimum absolute atomic E-state index is 0.955. The van der Waals surface area contributed by atoms with Crippen molar-refractivity contribution >= 4 is 32.8 Å². The van der Waals surface area contributed by atoms with E-state index in [0.717, 1.165) is 11.8 Å². The third-order valence-corrected chi connectivity index (χ3v) is 3.49. The number of hydrogen-bond donors (Lipinski definition) is 0. The standard InChI is InChI=1S/C15H15Br/c1-2-12(11-16)9-13-7-8-14-5-3-4-6-15(14)10-13/h3-10H,2,11H2,1H3. The zero-order valence-corrected chi connectivity index (χ0v) is 11.0. The van der Waals surface area contributed by atoms with Gasteiger partial charge in [-0.15, -0.1) is 0 Å². The van der Waals surface area contributed by atoms with Crippen LogP contribution in [-0.4, -0.2) is 5.33 Å². The van der Waals surface area contributed by atoms with Crippen LogP contribution < -0.4 is 0 Å². The molecule has 0 fully saturated rings. The molecule has 0 atom stereocenters. The van der Waals surface area contributed by atoms with Crippen LogP contribution in [-0.2, 0) is 0 Å². The highest BCUT2D eigenvalue weighted by Crippen LogP contribution is 2.18. The van der Waals surface area contributed by atoms with Crippen LogP contribution in [0.3, 0.4) is 0 Å². The lowest BCUT2D eigenvalue weighted by Crippen LogP contribution is -1.82. The first-order valence-electron chi connectivity index (χ1n) is 5.57. The number of rotatable bonds is 3. The van der Waals surface area contributed by atoms with E-state index in [-0.39, 0.29) is 0 Å². The Morgan fingerprint density at radius 3 is 2.56 bits per heavy atom. The predicted octanol–water partition coefficient (Wildman–Crippen LogP) is 5.03. The second-order valence-electron chi connectivity index (χ2n) is 3.90. The van der Waals surface area contributed by atoms with Gasteiger partial charge in [-0.05, 0) is 28.8 Å². The lowest BCUT2D eigenvalue weighted by atomic mass is 10.0. The molecule has 0 N–H and O–H groups in total. The van der Waals surface area contributed by atoms with Gasteiger partial charge in [-0.1, -0.05) is 70.9 Å². The van der Waals surface area contributed by atoms with Crippen molar-refractivity contribution in [3.63, 3.8) is 0 Å². The molecule has 2 aromatic rings. The molecule has 82 valence electrons. The predicted molar refractivity (Wildman–Crippen MR) is 76.0 cm³/mol. The van der Waals surface area contributed by atoms with Gasteiger partial charge >= 0.3 is 0 Å². The molecule has 0 heterocycles. The largest absolute Gasteiger partial charge is 0.0880 e. The zero-order valence-electron chi connectivity index (χ0n) is 9.41. The average molecular weight is 275 g/mol. The minimum atomic E-state index is 0.955. The van der Waals surface area contributed by atoms with E-state index in [1.54, 1.807) is 0 Å². The highest BCUT2D eigenvalue weighted by Gasteiger charge is 1.95. The van der Waals surface area contributed by atoms with Crippen molar-refractivity contribution in [1.29, 1.82) is 0 Å². The van der Waals surface area contributed by atoms with Crippen LogP contribution in [0.2, 0.25) is 0 Å². The molecular weight excluding hydrogens is 260 g/mol. The molecule has 0 aliphatic heterocycles. The number of alkyl halides is 1. The Morgan fingerprint density at radius 2 is 1.88 bits per heavy atom. The Balaban J connectivity index is 2.43. The van der Waals surface area contributed by atoms with E-state index in [1.165, 1.54) is 21.9 Å². The highest BCUT2D eigenvalue weighted by atomic mass is 79.9. The minimum Gasteiger partial charge on any atom is -0.0880 e. The fourth-order valence-electron chi connectivity index (χ4n) is 1.77. The monoisotopic (exact) mass is 274 g/mol. The summed E-state index contributed by atoms with van der Waals surface area (Å²) in [6, 6.07) is 15.1. The molecule has 2 rings (SSSR count). The van der Waals surface area contributed by atoms with Gasteiger partial charge in [-0.25, -0.2) is 0 Å². The molecule has 0 aliphatic rings. The van der Waals surface area contributed by atoms with Crippen LogP contribution in [0.4, 0.5) is 0 Å². The summed E-state index contributed by atoms with van der Waals surface area (Å²) >= 11 is 3.51. The van der Waals surface area contributed by atoms with Gasteiger partial charge in [0.05, 0.1) is 0 Å². The third-order valence-electron chi connectivity index (χ3n) is 2.77. The molecule has 0 aromatic heterocycles. The highest BCUT2D eigenvalue weighted by molar-refractivity contribution is 9.09. The Kier molecular flexibility index (Phi) is 3.79. The Labute approximate surface area is 105 Å². The first kappa shape index (κ1) is 11.4. The van der Waals surface area contributed by atoms with Crippen molar-refractivity contribution in [2.75, 3.05) is 5.33 Å². The first-order valence-corrected chi connectivity index (χ1v) is 6.70. The second-order valence-corrected chi connectivity index (χ2v) is 4.46. The maximum absolute atomic E-state index is 3.51. The quantitative estimate of drug-likeness (QED) is 0.689. The van der Waals surface area contributed by atoms with E-state index < -0.39 is 0 Å². The Bertz CT molecular complexity index is 506. The summed E-state index contributed by atoms with van der Waals surface area (Å²) in [6.45, 7) is 2.19. The van der Waals surface area contributed by atoms with Crippen molar-refractivity contribution in [2.45, 2.75) is 13.3 Å². The molecule has 2 aromatic carbocycles. The van der Waals surface area contributed by atoms with Gasteiger partial charge < -0.3 is 0 Å². The van der Waals surface area contributed by atoms with Crippen molar-refractivity contribution in [2.24, 2.45) is 0 Å². The molecular formula is C15H15Br. The van der Waals surface area contributed by atoms with Crippen molar-refractivity contribution in [3.8, 4) is 0 Å². The van der Waals surface area contributed by atoms with Crippen LogP contribution in [0.25, 0.3) is 16.8 Å². The van der Waals surface area contributed by atoms with Crippen LogP contribution >= 0.6 is 15.9 Å². The number of benzene rings is 2. The molecule has 0 radical (unpaired) electrons. The summed E-state index contributed by atoms with van der Waals surface area (Å²) in [4.78, 5) is 0. The second kappa shape index (κ2) is 5.31. The summed E-state index contributed by atoms with van der Waals surface area (Å²) in [5.41, 5.74) is 2.71. The maximum atomic E-state index is 3.51. The van der Waals surface area contributed by atoms with Gasteiger partial charge in [0.1, 0.15) is 0 Å². The number of allylic oxidation sites excluding steroid dienone is 1. The fourth-order valence-corrected chi connectivity index (χ4v) is 2.33. The summed E-state index contributed by atoms with van der Waals surface area (Å²) in [5, 5.41) is 3.56. The van der Waals surface area contributed by atoms with Gasteiger partial charge in [-0.3, -0.25) is 0 Å². The molecule has 0 saturated carbocycles. The van der Waals surface area contributed by atoms with E-state index in [1.807, 2.05) is 0 Å². The Morgan fingerprint density at radius 1 is 1.12 bits per heavy atom. The molecule has 0 saturated heterocycles. The first-order chi connectivity index (χ1) is 7.83. The summed E-state index contributed by atoms with van der Waals surface area (Å²) in [5.74, 6) is 0. The van der Waals surface area contributed by atoms with Gasteiger partial charge in [0.15, 0.2) is 0 Å². The van der Waals surface area contributed by atoms with E-state index in [2.05, 4.69) is 71.4 Å². The summed E-state index contributed by atoms with van der Waals surface area (Å²) in [7, 11) is 0. The van der Waals surface area contributed by atoms with Gasteiger partial charge in [0.2, 0.25) is 0 Å². The van der Waals surface area contributed by atoms with E-state index in [0.29, 0.717) is 0 Å². The smallest absolute Gasteiger partial charge is 0.0245 e. The zero-order chi connectivity index (χ0) is 11.4. The van der Waals surface area contributed by atoms with Crippen molar-refractivity contribution in [1.82, 2.24) is 0 Å². The van der Waals surface area contributed by atoms with Crippen molar-refractivity contribution in [3.05, 3.63) is 53.6 Å². The normalized spacial score (nSPS) is 12.0. The van der Waals surface area contributed by atoms with E-state index >= 15 is 0 Å². The lowest BCUT2D eigenvalue weighted by Gasteiger charge is -2.02. The van der Waals surface area contributed by atoms with Crippen LogP contribution in [0, 0.1) is 0 Å². The van der Waals surface area contributed by atoms with E-state index in [4.69, 9.17) is 0 Å². The van der Waals surface area contributed by atoms with Gasteiger partial charge in [0, 0.05) is 5.33 Å². The Hall–Kier alpha value is -1.08. The molecule has 0 spiro atoms. The molecule has 1 heteroatoms. The van der Waals surface area contributed by atoms with Gasteiger partial charge in [-0.2, -0.15) is 0 Å². The van der Waals surface area contributed by atoms with Crippen molar-refractivity contribution < 1.29 is 0 Å². The average Bonchev–Trinajstić information content (AvgIpc) is 2.35. The van der Waals surface area contributed by atoms with E-state index in [9.17, 15) is 0 Å². The van der Waals surface area contributed by atoms with Crippen LogP contribution in [0.15, 0.2) is 48.0 Å². The SMILES string of the molecule is CCC(=Cc1ccc2ccccc2c1)CBr. The third kappa shape index (κ3) is 2.53. The number of fused-ring (bicyclic) bond motifs is 1. The maximum Gasteiger partial charge on any atom is 0.0245 e. The fraction of sp³-hybridized carbons (Fsp3) is 0.200. The molecule has 0 amide bonds. The number of halogens is 1. The van der Waals surface area contributed by atoms with Crippen LogP contribution in [0.5, 0.6) is 0 Å². The molecule has 0 unspecified atom stereocenters. The molecule has 0 bridgehead atoms. The molecule has 16 heavy (non-hydrogen) atoms. The van der Waals surface area contributed by atoms with Gasteiger partial charge in [0.25, 0.3) is 0 Å². The number of hydrogen-bond acceptors (Lipinski definition) is 0. The topological polar surface area (TPSA) is 0 Å². The lowest BCUT2D eigenvalue weighted by molar-refractivity contribution is 1.12. The molecule has 0 nitrogen and oxygen atoms in total. The molecule has 0 aliphatic carbocycles.